The number of benzene rings is 2. The summed E-state index contributed by atoms with van der Waals surface area (Å²) in [6.07, 6.45) is 0.0377. The molecule has 2 aromatic rings. The molecule has 1 atom stereocenters. The van der Waals surface area contributed by atoms with Crippen LogP contribution in [0.5, 0.6) is 11.5 Å². The number of para-hydroxylation sites is 1. The second kappa shape index (κ2) is 8.44. The van der Waals surface area contributed by atoms with Gasteiger partial charge < -0.3 is 24.0 Å². The first kappa shape index (κ1) is 19.8. The van der Waals surface area contributed by atoms with Crippen molar-refractivity contribution < 1.29 is 28.6 Å². The molecule has 0 aromatic heterocycles. The van der Waals surface area contributed by atoms with E-state index in [0.717, 1.165) is 0 Å². The molecule has 2 aromatic carbocycles. The van der Waals surface area contributed by atoms with E-state index in [1.54, 1.807) is 37.4 Å². The van der Waals surface area contributed by atoms with Gasteiger partial charge in [-0.25, -0.2) is 0 Å². The fourth-order valence-corrected chi connectivity index (χ4v) is 3.46. The number of rotatable bonds is 5. The molecule has 1 fully saturated rings. The molecule has 0 bridgehead atoms. The highest BCUT2D eigenvalue weighted by Crippen LogP contribution is 2.36. The zero-order valence-corrected chi connectivity index (χ0v) is 16.6. The van der Waals surface area contributed by atoms with E-state index in [4.69, 9.17) is 14.2 Å². The molecule has 8 nitrogen and oxygen atoms in total. The first-order valence-corrected chi connectivity index (χ1v) is 9.71. The van der Waals surface area contributed by atoms with Crippen LogP contribution in [0.25, 0.3) is 0 Å². The van der Waals surface area contributed by atoms with Gasteiger partial charge in [-0.15, -0.1) is 0 Å². The Bertz CT molecular complexity index is 961. The van der Waals surface area contributed by atoms with Gasteiger partial charge in [0.15, 0.2) is 18.1 Å². The van der Waals surface area contributed by atoms with Crippen LogP contribution in [0.2, 0.25) is 0 Å². The number of esters is 1. The summed E-state index contributed by atoms with van der Waals surface area (Å²) in [7, 11) is 1.62. The van der Waals surface area contributed by atoms with Crippen LogP contribution < -0.4 is 19.3 Å². The maximum absolute atomic E-state index is 12.5. The van der Waals surface area contributed by atoms with Crippen LogP contribution in [0.1, 0.15) is 6.42 Å². The molecule has 0 N–H and O–H groups in total. The molecular formula is C22H22N2O6. The number of ether oxygens (including phenoxy) is 3. The van der Waals surface area contributed by atoms with Crippen molar-refractivity contribution in [2.75, 3.05) is 43.2 Å². The average molecular weight is 410 g/mol. The molecule has 2 amide bonds. The quantitative estimate of drug-likeness (QED) is 0.701. The van der Waals surface area contributed by atoms with E-state index in [0.29, 0.717) is 36.1 Å². The van der Waals surface area contributed by atoms with Gasteiger partial charge in [0, 0.05) is 37.5 Å². The molecule has 1 saturated heterocycles. The summed E-state index contributed by atoms with van der Waals surface area (Å²) in [5.74, 6) is -0.497. The van der Waals surface area contributed by atoms with Crippen LogP contribution in [0.15, 0.2) is 48.5 Å². The van der Waals surface area contributed by atoms with E-state index in [1.165, 1.54) is 9.80 Å². The molecule has 0 unspecified atom stereocenters. The SMILES string of the molecule is CN(C(=O)COC(=O)[C@H]1CC(=O)N(c2ccc3c(c2)OCCO3)C1)c1ccccc1. The minimum Gasteiger partial charge on any atom is -0.486 e. The van der Waals surface area contributed by atoms with Gasteiger partial charge in [0.2, 0.25) is 5.91 Å². The van der Waals surface area contributed by atoms with Crippen LogP contribution in [-0.2, 0) is 19.1 Å². The number of likely N-dealkylation sites (N-methyl/N-ethyl adjacent to an activating group) is 1. The lowest BCUT2D eigenvalue weighted by Crippen LogP contribution is -2.33. The van der Waals surface area contributed by atoms with Crippen molar-refractivity contribution in [3.8, 4) is 11.5 Å². The Hall–Kier alpha value is -3.55. The van der Waals surface area contributed by atoms with Gasteiger partial charge in [-0.2, -0.15) is 0 Å². The van der Waals surface area contributed by atoms with Crippen LogP contribution in [0, 0.1) is 5.92 Å². The van der Waals surface area contributed by atoms with E-state index in [-0.39, 0.29) is 31.4 Å². The summed E-state index contributed by atoms with van der Waals surface area (Å²) < 4.78 is 16.3. The highest BCUT2D eigenvalue weighted by atomic mass is 16.6. The number of carbonyl (C=O) groups is 3. The van der Waals surface area contributed by atoms with Gasteiger partial charge in [-0.05, 0) is 24.3 Å². The molecule has 30 heavy (non-hydrogen) atoms. The fourth-order valence-electron chi connectivity index (χ4n) is 3.46. The molecule has 0 saturated carbocycles. The van der Waals surface area contributed by atoms with E-state index in [1.807, 2.05) is 18.2 Å². The largest absolute Gasteiger partial charge is 0.486 e. The van der Waals surface area contributed by atoms with Crippen molar-refractivity contribution in [1.29, 1.82) is 0 Å². The molecular weight excluding hydrogens is 388 g/mol. The predicted molar refractivity (Wildman–Crippen MR) is 109 cm³/mol. The molecule has 8 heteroatoms. The van der Waals surface area contributed by atoms with Crippen molar-refractivity contribution in [3.63, 3.8) is 0 Å². The number of hydrogen-bond donors (Lipinski definition) is 0. The topological polar surface area (TPSA) is 85.4 Å². The van der Waals surface area contributed by atoms with Gasteiger partial charge in [-0.1, -0.05) is 18.2 Å². The van der Waals surface area contributed by atoms with Gasteiger partial charge >= 0.3 is 5.97 Å². The lowest BCUT2D eigenvalue weighted by atomic mass is 10.1. The molecule has 0 radical (unpaired) electrons. The zero-order chi connectivity index (χ0) is 21.1. The van der Waals surface area contributed by atoms with Crippen LogP contribution >= 0.6 is 0 Å². The maximum Gasteiger partial charge on any atom is 0.311 e. The molecule has 156 valence electrons. The third-order valence-corrected chi connectivity index (χ3v) is 5.15. The van der Waals surface area contributed by atoms with E-state index in [9.17, 15) is 14.4 Å². The number of carbonyl (C=O) groups excluding carboxylic acids is 3. The summed E-state index contributed by atoms with van der Waals surface area (Å²) >= 11 is 0. The number of fused-ring (bicyclic) bond motifs is 1. The third-order valence-electron chi connectivity index (χ3n) is 5.15. The van der Waals surface area contributed by atoms with E-state index < -0.39 is 11.9 Å². The highest BCUT2D eigenvalue weighted by molar-refractivity contribution is 6.00. The van der Waals surface area contributed by atoms with Crippen LogP contribution in [-0.4, -0.2) is 51.2 Å². The number of hydrogen-bond acceptors (Lipinski definition) is 6. The molecule has 2 aliphatic rings. The Morgan fingerprint density at radius 3 is 2.60 bits per heavy atom. The van der Waals surface area contributed by atoms with Gasteiger partial charge in [0.25, 0.3) is 5.91 Å². The molecule has 4 rings (SSSR count). The first-order valence-electron chi connectivity index (χ1n) is 9.71. The average Bonchev–Trinajstić information content (AvgIpc) is 3.18. The van der Waals surface area contributed by atoms with Crippen molar-refractivity contribution in [2.45, 2.75) is 6.42 Å². The maximum atomic E-state index is 12.5. The van der Waals surface area contributed by atoms with Crippen LogP contribution in [0.3, 0.4) is 0 Å². The zero-order valence-electron chi connectivity index (χ0n) is 16.6. The standard InChI is InChI=1S/C22H22N2O6/c1-23(16-5-3-2-4-6-16)21(26)14-30-22(27)15-11-20(25)24(13-15)17-7-8-18-19(12-17)29-10-9-28-18/h2-8,12,15H,9-11,13-14H2,1H3/t15-/m0/s1. The minimum absolute atomic E-state index is 0.0377. The Morgan fingerprint density at radius 2 is 1.83 bits per heavy atom. The van der Waals surface area contributed by atoms with Gasteiger partial charge in [0.1, 0.15) is 13.2 Å². The highest BCUT2D eigenvalue weighted by Gasteiger charge is 2.37. The predicted octanol–water partition coefficient (Wildman–Crippen LogP) is 2.02. The lowest BCUT2D eigenvalue weighted by Gasteiger charge is -2.22. The number of anilines is 2. The smallest absolute Gasteiger partial charge is 0.311 e. The van der Waals surface area contributed by atoms with Crippen molar-refractivity contribution in [3.05, 3.63) is 48.5 Å². The molecule has 0 spiro atoms. The summed E-state index contributed by atoms with van der Waals surface area (Å²) in [6, 6.07) is 14.3. The summed E-state index contributed by atoms with van der Waals surface area (Å²) in [5.41, 5.74) is 1.35. The molecule has 2 aliphatic heterocycles. The van der Waals surface area contributed by atoms with Crippen molar-refractivity contribution in [1.82, 2.24) is 0 Å². The summed E-state index contributed by atoms with van der Waals surface area (Å²) in [5, 5.41) is 0. The molecule has 2 heterocycles. The van der Waals surface area contributed by atoms with Gasteiger partial charge in [0.05, 0.1) is 5.92 Å². The normalized spacial score (nSPS) is 17.6. The minimum atomic E-state index is -0.625. The Balaban J connectivity index is 1.34. The second-order valence-corrected chi connectivity index (χ2v) is 7.13. The first-order chi connectivity index (χ1) is 14.5. The van der Waals surface area contributed by atoms with Gasteiger partial charge in [-0.3, -0.25) is 14.4 Å². The van der Waals surface area contributed by atoms with Crippen LogP contribution in [0.4, 0.5) is 11.4 Å². The monoisotopic (exact) mass is 410 g/mol. The summed E-state index contributed by atoms with van der Waals surface area (Å²) in [6.45, 7) is 0.755. The van der Waals surface area contributed by atoms with E-state index >= 15 is 0 Å². The lowest BCUT2D eigenvalue weighted by molar-refractivity contribution is -0.151. The Labute approximate surface area is 173 Å². The Kier molecular flexibility index (Phi) is 5.56. The third kappa shape index (κ3) is 4.07. The fraction of sp³-hybridized carbons (Fsp3) is 0.318. The van der Waals surface area contributed by atoms with Crippen molar-refractivity contribution in [2.24, 2.45) is 5.92 Å². The van der Waals surface area contributed by atoms with Crippen molar-refractivity contribution >= 4 is 29.2 Å². The van der Waals surface area contributed by atoms with E-state index in [2.05, 4.69) is 0 Å². The second-order valence-electron chi connectivity index (χ2n) is 7.13. The number of nitrogens with zero attached hydrogens (tertiary/aromatic N) is 2. The molecule has 0 aliphatic carbocycles. The number of amides is 2. The summed E-state index contributed by atoms with van der Waals surface area (Å²) in [4.78, 5) is 40.2. The Morgan fingerprint density at radius 1 is 1.10 bits per heavy atom.